The summed E-state index contributed by atoms with van der Waals surface area (Å²) in [4.78, 5) is 11.7. The molecule has 4 N–H and O–H groups in total. The zero-order chi connectivity index (χ0) is 26.3. The Morgan fingerprint density at radius 3 is 2.51 bits per heavy atom. The molecule has 1 aliphatic carbocycles. The summed E-state index contributed by atoms with van der Waals surface area (Å²) in [7, 11) is 0. The van der Waals surface area contributed by atoms with Gasteiger partial charge in [-0.15, -0.1) is 0 Å². The van der Waals surface area contributed by atoms with Crippen LogP contribution in [0.1, 0.15) is 65.2 Å². The van der Waals surface area contributed by atoms with Gasteiger partial charge in [0.1, 0.15) is 5.82 Å². The number of rotatable bonds is 11. The van der Waals surface area contributed by atoms with Crippen molar-refractivity contribution >= 4 is 23.2 Å². The second kappa shape index (κ2) is 13.2. The highest BCUT2D eigenvalue weighted by atomic mass is 35.5. The van der Waals surface area contributed by atoms with Crippen molar-refractivity contribution in [2.24, 2.45) is 5.73 Å². The van der Waals surface area contributed by atoms with Crippen molar-refractivity contribution in [3.05, 3.63) is 35.2 Å². The quantitative estimate of drug-likeness (QED) is 0.342. The van der Waals surface area contributed by atoms with Gasteiger partial charge in [-0.2, -0.15) is 0 Å². The molecule has 204 valence electrons. The van der Waals surface area contributed by atoms with Crippen LogP contribution in [0.25, 0.3) is 11.3 Å². The lowest BCUT2D eigenvalue weighted by molar-refractivity contribution is 0.0574. The number of anilines is 2. The Morgan fingerprint density at radius 2 is 1.84 bits per heavy atom. The van der Waals surface area contributed by atoms with Crippen molar-refractivity contribution in [3.63, 3.8) is 0 Å². The smallest absolute Gasteiger partial charge is 0.165 e. The number of hydrogen-bond acceptors (Lipinski definition) is 7. The Kier molecular flexibility index (Phi) is 9.98. The van der Waals surface area contributed by atoms with E-state index < -0.39 is 11.4 Å². The molecule has 2 fully saturated rings. The standard InChI is InChI=1S/C28H42ClFN6O/c1-3-13-36(14-4-2)21-7-5-20(6-8-21)34-26-17-22(23(29)18-32-26)25-10-9-24(30)27(35-25)33-19-28(31)11-15-37-16-12-28/h9-10,17-18,20-21H,3-8,11-16,19,31H2,1-2H3,(H,32,34)(H,33,35). The normalized spacial score (nSPS) is 21.7. The molecule has 0 unspecified atom stereocenters. The summed E-state index contributed by atoms with van der Waals surface area (Å²) in [5.74, 6) is 0.531. The lowest BCUT2D eigenvalue weighted by Gasteiger charge is -2.37. The van der Waals surface area contributed by atoms with Crippen molar-refractivity contribution in [2.75, 3.05) is 43.5 Å². The number of pyridine rings is 2. The molecule has 0 atom stereocenters. The minimum absolute atomic E-state index is 0.179. The average Bonchev–Trinajstić information content (AvgIpc) is 2.90. The average molecular weight is 533 g/mol. The highest BCUT2D eigenvalue weighted by Gasteiger charge is 2.28. The fourth-order valence-corrected chi connectivity index (χ4v) is 5.69. The van der Waals surface area contributed by atoms with E-state index in [0.29, 0.717) is 42.6 Å². The zero-order valence-corrected chi connectivity index (χ0v) is 23.0. The topological polar surface area (TPSA) is 88.3 Å². The SMILES string of the molecule is CCCN(CCC)C1CCC(Nc2cc(-c3ccc(F)c(NCC4(N)CCOCC4)n3)c(Cl)cn2)CC1. The summed E-state index contributed by atoms with van der Waals surface area (Å²) in [6.45, 7) is 8.55. The molecule has 3 heterocycles. The fraction of sp³-hybridized carbons (Fsp3) is 0.643. The maximum absolute atomic E-state index is 14.6. The summed E-state index contributed by atoms with van der Waals surface area (Å²) in [5, 5.41) is 7.21. The molecule has 0 aromatic carbocycles. The Bertz CT molecular complexity index is 1000. The van der Waals surface area contributed by atoms with Gasteiger partial charge in [-0.1, -0.05) is 25.4 Å². The van der Waals surface area contributed by atoms with Crippen LogP contribution in [0.4, 0.5) is 16.0 Å². The lowest BCUT2D eigenvalue weighted by atomic mass is 9.90. The molecular weight excluding hydrogens is 491 g/mol. The second-order valence-corrected chi connectivity index (χ2v) is 11.0. The monoisotopic (exact) mass is 532 g/mol. The molecule has 2 aromatic rings. The van der Waals surface area contributed by atoms with Gasteiger partial charge >= 0.3 is 0 Å². The first-order chi connectivity index (χ1) is 17.9. The number of aromatic nitrogens is 2. The molecule has 7 nitrogen and oxygen atoms in total. The molecule has 9 heteroatoms. The predicted molar refractivity (Wildman–Crippen MR) is 150 cm³/mol. The molecular formula is C28H42ClFN6O. The van der Waals surface area contributed by atoms with Crippen molar-refractivity contribution in [1.29, 1.82) is 0 Å². The minimum atomic E-state index is -0.434. The van der Waals surface area contributed by atoms with E-state index in [1.165, 1.54) is 44.8 Å². The van der Waals surface area contributed by atoms with Crippen molar-refractivity contribution < 1.29 is 9.13 Å². The minimum Gasteiger partial charge on any atom is -0.381 e. The van der Waals surface area contributed by atoms with Gasteiger partial charge in [0.05, 0.1) is 10.7 Å². The van der Waals surface area contributed by atoms with Crippen molar-refractivity contribution in [1.82, 2.24) is 14.9 Å². The zero-order valence-electron chi connectivity index (χ0n) is 22.2. The third-order valence-corrected chi connectivity index (χ3v) is 7.96. The van der Waals surface area contributed by atoms with Gasteiger partial charge in [-0.25, -0.2) is 14.4 Å². The molecule has 0 radical (unpaired) electrons. The van der Waals surface area contributed by atoms with E-state index in [-0.39, 0.29) is 5.82 Å². The maximum atomic E-state index is 14.6. The van der Waals surface area contributed by atoms with Crippen LogP contribution in [0.3, 0.4) is 0 Å². The number of halogens is 2. The van der Waals surface area contributed by atoms with E-state index in [4.69, 9.17) is 22.1 Å². The van der Waals surface area contributed by atoms with Crippen LogP contribution in [0.5, 0.6) is 0 Å². The summed E-state index contributed by atoms with van der Waals surface area (Å²) in [5.41, 5.74) is 7.34. The molecule has 2 aliphatic rings. The molecule has 2 aromatic heterocycles. The first-order valence-corrected chi connectivity index (χ1v) is 14.2. The highest BCUT2D eigenvalue weighted by Crippen LogP contribution is 2.32. The maximum Gasteiger partial charge on any atom is 0.165 e. The third-order valence-electron chi connectivity index (χ3n) is 7.66. The van der Waals surface area contributed by atoms with Crippen LogP contribution in [0.15, 0.2) is 24.4 Å². The number of nitrogens with one attached hydrogen (secondary N) is 2. The van der Waals surface area contributed by atoms with E-state index >= 15 is 0 Å². The van der Waals surface area contributed by atoms with Crippen LogP contribution < -0.4 is 16.4 Å². The van der Waals surface area contributed by atoms with Crippen molar-refractivity contribution in [3.8, 4) is 11.3 Å². The van der Waals surface area contributed by atoms with E-state index in [1.807, 2.05) is 6.07 Å². The van der Waals surface area contributed by atoms with E-state index in [0.717, 1.165) is 37.1 Å². The Morgan fingerprint density at radius 1 is 1.14 bits per heavy atom. The van der Waals surface area contributed by atoms with E-state index in [9.17, 15) is 4.39 Å². The van der Waals surface area contributed by atoms with Crippen LogP contribution in [0, 0.1) is 5.82 Å². The number of nitrogens with two attached hydrogens (primary N) is 1. The summed E-state index contributed by atoms with van der Waals surface area (Å²) < 4.78 is 20.0. The molecule has 1 aliphatic heterocycles. The third kappa shape index (κ3) is 7.53. The largest absolute Gasteiger partial charge is 0.381 e. The lowest BCUT2D eigenvalue weighted by Crippen LogP contribution is -2.50. The van der Waals surface area contributed by atoms with Gasteiger partial charge in [0.25, 0.3) is 0 Å². The predicted octanol–water partition coefficient (Wildman–Crippen LogP) is 5.70. The molecule has 37 heavy (non-hydrogen) atoms. The fourth-order valence-electron chi connectivity index (χ4n) is 5.49. The second-order valence-electron chi connectivity index (χ2n) is 10.6. The van der Waals surface area contributed by atoms with Gasteiger partial charge < -0.3 is 26.0 Å². The summed E-state index contributed by atoms with van der Waals surface area (Å²) in [6, 6.07) is 6.04. The molecule has 0 bridgehead atoms. The van der Waals surface area contributed by atoms with Gasteiger partial charge in [0.15, 0.2) is 11.6 Å². The molecule has 0 spiro atoms. The van der Waals surface area contributed by atoms with Crippen LogP contribution >= 0.6 is 11.6 Å². The Labute approximate surface area is 225 Å². The van der Waals surface area contributed by atoms with Gasteiger partial charge in [0, 0.05) is 49.1 Å². The van der Waals surface area contributed by atoms with Crippen molar-refractivity contribution in [2.45, 2.75) is 82.8 Å². The molecule has 1 saturated heterocycles. The first kappa shape index (κ1) is 28.0. The molecule has 4 rings (SSSR count). The summed E-state index contributed by atoms with van der Waals surface area (Å²) >= 11 is 6.52. The number of nitrogens with zero attached hydrogens (tertiary/aromatic N) is 3. The van der Waals surface area contributed by atoms with E-state index in [2.05, 4.69) is 39.3 Å². The van der Waals surface area contributed by atoms with Gasteiger partial charge in [-0.05, 0) is 82.7 Å². The number of hydrogen-bond donors (Lipinski definition) is 3. The van der Waals surface area contributed by atoms with Gasteiger partial charge in [-0.3, -0.25) is 0 Å². The van der Waals surface area contributed by atoms with Crippen LogP contribution in [0.2, 0.25) is 5.02 Å². The molecule has 1 saturated carbocycles. The Hall–Kier alpha value is -2.00. The highest BCUT2D eigenvalue weighted by molar-refractivity contribution is 6.33. The number of ether oxygens (including phenoxy) is 1. The van der Waals surface area contributed by atoms with E-state index in [1.54, 1.807) is 12.3 Å². The van der Waals surface area contributed by atoms with Crippen LogP contribution in [-0.2, 0) is 4.74 Å². The Balaban J connectivity index is 1.41. The first-order valence-electron chi connectivity index (χ1n) is 13.8. The molecule has 0 amide bonds. The van der Waals surface area contributed by atoms with Crippen LogP contribution in [-0.4, -0.2) is 65.3 Å². The summed E-state index contributed by atoms with van der Waals surface area (Å²) in [6.07, 6.45) is 10.1. The van der Waals surface area contributed by atoms with Gasteiger partial charge in [0.2, 0.25) is 0 Å².